The quantitative estimate of drug-likeness (QED) is 0.613. The minimum absolute atomic E-state index is 0.0846. The number of halogens is 3. The van der Waals surface area contributed by atoms with Crippen molar-refractivity contribution >= 4 is 11.7 Å². The molecule has 8 heteroatoms. The Kier molecular flexibility index (Phi) is 5.63. The summed E-state index contributed by atoms with van der Waals surface area (Å²) < 4.78 is 45.1. The Morgan fingerprint density at radius 2 is 1.76 bits per heavy atom. The van der Waals surface area contributed by atoms with Crippen LogP contribution in [0.15, 0.2) is 52.9 Å². The van der Waals surface area contributed by atoms with E-state index in [0.717, 1.165) is 17.2 Å². The van der Waals surface area contributed by atoms with Gasteiger partial charge in [0, 0.05) is 12.6 Å². The van der Waals surface area contributed by atoms with Crippen LogP contribution in [0.2, 0.25) is 0 Å². The lowest BCUT2D eigenvalue weighted by atomic mass is 10.1. The van der Waals surface area contributed by atoms with Crippen molar-refractivity contribution in [2.24, 2.45) is 0 Å². The number of para-hydroxylation sites is 1. The lowest BCUT2D eigenvalue weighted by Crippen LogP contribution is -2.32. The van der Waals surface area contributed by atoms with Gasteiger partial charge in [-0.3, -0.25) is 0 Å². The summed E-state index contributed by atoms with van der Waals surface area (Å²) in [6.45, 7) is 3.75. The summed E-state index contributed by atoms with van der Waals surface area (Å²) >= 11 is 0. The molecule has 1 heterocycles. The molecule has 0 aliphatic carbocycles. The molecule has 0 unspecified atom stereocenters. The van der Waals surface area contributed by atoms with Crippen molar-refractivity contribution in [3.8, 4) is 11.5 Å². The molecule has 2 aromatic carbocycles. The molecule has 0 saturated heterocycles. The normalized spacial score (nSPS) is 11.4. The number of oxazole rings is 1. The molecule has 0 aliphatic heterocycles. The first-order valence-corrected chi connectivity index (χ1v) is 8.87. The molecule has 0 fully saturated rings. The highest BCUT2D eigenvalue weighted by molar-refractivity contribution is 5.90. The smallest absolute Gasteiger partial charge is 0.418 e. The Labute approximate surface area is 166 Å². The van der Waals surface area contributed by atoms with E-state index in [1.54, 1.807) is 6.92 Å². The van der Waals surface area contributed by atoms with Gasteiger partial charge in [-0.2, -0.15) is 13.2 Å². The number of aromatic nitrogens is 1. The Morgan fingerprint density at radius 3 is 2.45 bits per heavy atom. The van der Waals surface area contributed by atoms with Gasteiger partial charge in [-0.15, -0.1) is 0 Å². The minimum Gasteiger partial charge on any atom is -0.441 e. The number of amides is 2. The van der Waals surface area contributed by atoms with Gasteiger partial charge in [0.25, 0.3) is 0 Å². The summed E-state index contributed by atoms with van der Waals surface area (Å²) in [6.07, 6.45) is -4.56. The third kappa shape index (κ3) is 4.59. The molecular formula is C21H20F3N3O2. The number of urea groups is 1. The summed E-state index contributed by atoms with van der Waals surface area (Å²) in [6, 6.07) is 11.8. The molecule has 3 aromatic rings. The van der Waals surface area contributed by atoms with Crippen LogP contribution in [0.4, 0.5) is 23.7 Å². The molecule has 0 aliphatic rings. The largest absolute Gasteiger partial charge is 0.441 e. The second kappa shape index (κ2) is 7.98. The first-order valence-electron chi connectivity index (χ1n) is 8.87. The second-order valence-electron chi connectivity index (χ2n) is 6.67. The van der Waals surface area contributed by atoms with E-state index in [-0.39, 0.29) is 12.2 Å². The lowest BCUT2D eigenvalue weighted by molar-refractivity contribution is -0.136. The SMILES string of the molecule is Cc1ccccc1-c1nc(CN(C)C(=O)Nc2ccccc2C(F)(F)F)c(C)o1. The van der Waals surface area contributed by atoms with Crippen molar-refractivity contribution in [3.05, 3.63) is 71.1 Å². The highest BCUT2D eigenvalue weighted by atomic mass is 19.4. The van der Waals surface area contributed by atoms with Crippen LogP contribution < -0.4 is 5.32 Å². The third-order valence-corrected chi connectivity index (χ3v) is 4.48. The Morgan fingerprint density at radius 1 is 1.10 bits per heavy atom. The highest BCUT2D eigenvalue weighted by Gasteiger charge is 2.33. The number of anilines is 1. The topological polar surface area (TPSA) is 58.4 Å². The standard InChI is InChI=1S/C21H20F3N3O2/c1-13-8-4-5-9-15(13)19-25-18(14(2)29-19)12-27(3)20(28)26-17-11-7-6-10-16(17)21(22,23)24/h4-11H,12H2,1-3H3,(H,26,28). The molecule has 5 nitrogen and oxygen atoms in total. The molecule has 0 spiro atoms. The molecule has 152 valence electrons. The molecule has 0 saturated carbocycles. The summed E-state index contributed by atoms with van der Waals surface area (Å²) in [5.74, 6) is 0.977. The van der Waals surface area contributed by atoms with Crippen LogP contribution in [0, 0.1) is 13.8 Å². The van der Waals surface area contributed by atoms with Gasteiger partial charge in [-0.1, -0.05) is 30.3 Å². The van der Waals surface area contributed by atoms with E-state index in [4.69, 9.17) is 4.42 Å². The first-order chi connectivity index (χ1) is 13.7. The fourth-order valence-electron chi connectivity index (χ4n) is 2.85. The number of aryl methyl sites for hydroxylation is 2. The number of hydrogen-bond acceptors (Lipinski definition) is 3. The Balaban J connectivity index is 1.75. The predicted molar refractivity (Wildman–Crippen MR) is 103 cm³/mol. The summed E-state index contributed by atoms with van der Waals surface area (Å²) in [5.41, 5.74) is 1.17. The van der Waals surface area contributed by atoms with E-state index in [1.807, 2.05) is 31.2 Å². The van der Waals surface area contributed by atoms with Gasteiger partial charge in [-0.05, 0) is 37.6 Å². The maximum atomic E-state index is 13.1. The maximum Gasteiger partial charge on any atom is 0.418 e. The van der Waals surface area contributed by atoms with E-state index >= 15 is 0 Å². The van der Waals surface area contributed by atoms with Gasteiger partial charge >= 0.3 is 12.2 Å². The van der Waals surface area contributed by atoms with Gasteiger partial charge in [0.15, 0.2) is 0 Å². The molecule has 2 amide bonds. The van der Waals surface area contributed by atoms with Crippen molar-refractivity contribution in [2.45, 2.75) is 26.6 Å². The summed E-state index contributed by atoms with van der Waals surface area (Å²) in [4.78, 5) is 18.1. The number of nitrogens with one attached hydrogen (secondary N) is 1. The predicted octanol–water partition coefficient (Wildman–Crippen LogP) is 5.64. The zero-order valence-corrected chi connectivity index (χ0v) is 16.2. The molecule has 0 radical (unpaired) electrons. The van der Waals surface area contributed by atoms with Gasteiger partial charge in [-0.25, -0.2) is 9.78 Å². The van der Waals surface area contributed by atoms with Gasteiger partial charge in [0.1, 0.15) is 11.5 Å². The second-order valence-corrected chi connectivity index (χ2v) is 6.67. The van der Waals surface area contributed by atoms with E-state index in [9.17, 15) is 18.0 Å². The van der Waals surface area contributed by atoms with Gasteiger partial charge in [0.2, 0.25) is 5.89 Å². The van der Waals surface area contributed by atoms with Crippen LogP contribution >= 0.6 is 0 Å². The summed E-state index contributed by atoms with van der Waals surface area (Å²) in [7, 11) is 1.48. The third-order valence-electron chi connectivity index (χ3n) is 4.48. The highest BCUT2D eigenvalue weighted by Crippen LogP contribution is 2.34. The molecular weight excluding hydrogens is 383 g/mol. The van der Waals surface area contributed by atoms with E-state index in [1.165, 1.54) is 30.1 Å². The van der Waals surface area contributed by atoms with Crippen molar-refractivity contribution in [2.75, 3.05) is 12.4 Å². The molecule has 3 rings (SSSR count). The zero-order valence-electron chi connectivity index (χ0n) is 16.2. The number of rotatable bonds is 4. The number of benzene rings is 2. The molecule has 1 N–H and O–H groups in total. The molecule has 1 aromatic heterocycles. The average molecular weight is 403 g/mol. The molecule has 0 atom stereocenters. The van der Waals surface area contributed by atoms with E-state index < -0.39 is 17.8 Å². The number of carbonyl (C=O) groups excluding carboxylic acids is 1. The van der Waals surface area contributed by atoms with Crippen LogP contribution in [-0.4, -0.2) is 23.0 Å². The van der Waals surface area contributed by atoms with Crippen LogP contribution in [0.1, 0.15) is 22.6 Å². The van der Waals surface area contributed by atoms with Crippen molar-refractivity contribution in [1.29, 1.82) is 0 Å². The fraction of sp³-hybridized carbons (Fsp3) is 0.238. The molecule has 29 heavy (non-hydrogen) atoms. The number of hydrogen-bond donors (Lipinski definition) is 1. The van der Waals surface area contributed by atoms with Gasteiger partial charge in [0.05, 0.1) is 17.8 Å². The number of nitrogens with zero attached hydrogens (tertiary/aromatic N) is 2. The summed E-state index contributed by atoms with van der Waals surface area (Å²) in [5, 5.41) is 2.31. The molecule has 0 bridgehead atoms. The monoisotopic (exact) mass is 403 g/mol. The Bertz CT molecular complexity index is 1030. The zero-order chi connectivity index (χ0) is 21.2. The Hall–Kier alpha value is -3.29. The average Bonchev–Trinajstić information content (AvgIpc) is 3.01. The minimum atomic E-state index is -4.56. The lowest BCUT2D eigenvalue weighted by Gasteiger charge is -2.19. The number of alkyl halides is 3. The van der Waals surface area contributed by atoms with Crippen LogP contribution in [0.3, 0.4) is 0 Å². The van der Waals surface area contributed by atoms with E-state index in [0.29, 0.717) is 17.3 Å². The van der Waals surface area contributed by atoms with Gasteiger partial charge < -0.3 is 14.6 Å². The fourth-order valence-corrected chi connectivity index (χ4v) is 2.85. The van der Waals surface area contributed by atoms with Crippen molar-refractivity contribution < 1.29 is 22.4 Å². The first kappa shape index (κ1) is 20.4. The van der Waals surface area contributed by atoms with Crippen LogP contribution in [-0.2, 0) is 12.7 Å². The van der Waals surface area contributed by atoms with Crippen molar-refractivity contribution in [3.63, 3.8) is 0 Å². The van der Waals surface area contributed by atoms with Crippen molar-refractivity contribution in [1.82, 2.24) is 9.88 Å². The number of carbonyl (C=O) groups is 1. The van der Waals surface area contributed by atoms with Crippen LogP contribution in [0.25, 0.3) is 11.5 Å². The van der Waals surface area contributed by atoms with Crippen LogP contribution in [0.5, 0.6) is 0 Å². The van der Waals surface area contributed by atoms with E-state index in [2.05, 4.69) is 10.3 Å². The maximum absolute atomic E-state index is 13.1.